The summed E-state index contributed by atoms with van der Waals surface area (Å²) in [5.41, 5.74) is 1.74. The highest BCUT2D eigenvalue weighted by atomic mass is 19.1. The van der Waals surface area contributed by atoms with Crippen LogP contribution < -0.4 is 11.0 Å². The Hall–Kier alpha value is -3.29. The largest absolute Gasteiger partial charge is 0.353 e. The summed E-state index contributed by atoms with van der Waals surface area (Å²) in [6.07, 6.45) is 6.61. The first-order valence-electron chi connectivity index (χ1n) is 10.2. The molecule has 1 unspecified atom stereocenters. The van der Waals surface area contributed by atoms with Crippen LogP contribution in [0.3, 0.4) is 0 Å². The molecule has 3 heterocycles. The van der Waals surface area contributed by atoms with E-state index in [-0.39, 0.29) is 23.5 Å². The fourth-order valence-corrected chi connectivity index (χ4v) is 3.75. The summed E-state index contributed by atoms with van der Waals surface area (Å²) >= 11 is 0. The summed E-state index contributed by atoms with van der Waals surface area (Å²) in [5.74, 6) is 0.446. The molecule has 0 aliphatic carbocycles. The molecule has 0 spiro atoms. The fraction of sp³-hybridized carbons (Fsp3) is 0.364. The van der Waals surface area contributed by atoms with Gasteiger partial charge in [-0.1, -0.05) is 12.1 Å². The molecule has 1 N–H and O–H groups in total. The molecule has 7 nitrogen and oxygen atoms in total. The number of aryl methyl sites for hydroxylation is 2. The number of amides is 1. The molecule has 8 heteroatoms. The van der Waals surface area contributed by atoms with Gasteiger partial charge in [-0.05, 0) is 54.7 Å². The van der Waals surface area contributed by atoms with Gasteiger partial charge in [0.1, 0.15) is 11.6 Å². The van der Waals surface area contributed by atoms with Crippen LogP contribution in [0.2, 0.25) is 0 Å². The maximum atomic E-state index is 13.1. The Balaban J connectivity index is 1.33. The van der Waals surface area contributed by atoms with Gasteiger partial charge >= 0.3 is 5.69 Å². The van der Waals surface area contributed by atoms with Crippen molar-refractivity contribution in [2.75, 3.05) is 0 Å². The molecule has 1 aromatic carbocycles. The third-order valence-corrected chi connectivity index (χ3v) is 5.42. The lowest BCUT2D eigenvalue weighted by Crippen LogP contribution is -2.36. The summed E-state index contributed by atoms with van der Waals surface area (Å²) in [5, 5.41) is 7.57. The number of fused-ring (bicyclic) bond motifs is 1. The highest BCUT2D eigenvalue weighted by molar-refractivity contribution is 5.76. The van der Waals surface area contributed by atoms with Crippen molar-refractivity contribution < 1.29 is 9.18 Å². The molecule has 3 aromatic rings. The lowest BCUT2D eigenvalue weighted by Gasteiger charge is -2.16. The second-order valence-corrected chi connectivity index (χ2v) is 7.58. The molecule has 0 fully saturated rings. The third-order valence-electron chi connectivity index (χ3n) is 5.42. The second-order valence-electron chi connectivity index (χ2n) is 7.58. The predicted molar refractivity (Wildman–Crippen MR) is 109 cm³/mol. The zero-order chi connectivity index (χ0) is 20.9. The Morgan fingerprint density at radius 1 is 1.10 bits per heavy atom. The standard InChI is InChI=1S/C22H24FN5O2/c23-18-4-1-17(2-5-18)15-28-22(30)27-14-11-19(6-7-20(27)26-28)25-21(29)8-3-16-9-12-24-13-10-16/h1-2,4-5,9-10,12-13,19H,3,6-8,11,14-15H2,(H,25,29). The number of benzene rings is 1. The predicted octanol–water partition coefficient (Wildman–Crippen LogP) is 2.08. The van der Waals surface area contributed by atoms with E-state index in [9.17, 15) is 14.0 Å². The van der Waals surface area contributed by atoms with Crippen molar-refractivity contribution in [3.8, 4) is 0 Å². The second kappa shape index (κ2) is 9.02. The average molecular weight is 409 g/mol. The summed E-state index contributed by atoms with van der Waals surface area (Å²) in [4.78, 5) is 29.0. The highest BCUT2D eigenvalue weighted by Gasteiger charge is 2.22. The minimum absolute atomic E-state index is 0.0186. The lowest BCUT2D eigenvalue weighted by atomic mass is 10.1. The maximum Gasteiger partial charge on any atom is 0.346 e. The minimum Gasteiger partial charge on any atom is -0.353 e. The van der Waals surface area contributed by atoms with Crippen LogP contribution in [0.25, 0.3) is 0 Å². The van der Waals surface area contributed by atoms with Gasteiger partial charge in [-0.15, -0.1) is 0 Å². The molecule has 0 saturated carbocycles. The first kappa shape index (κ1) is 20.0. The van der Waals surface area contributed by atoms with Crippen molar-refractivity contribution in [3.63, 3.8) is 0 Å². The van der Waals surface area contributed by atoms with Crippen LogP contribution in [0.1, 0.15) is 36.2 Å². The van der Waals surface area contributed by atoms with Gasteiger partial charge < -0.3 is 5.32 Å². The van der Waals surface area contributed by atoms with E-state index in [0.717, 1.165) is 23.4 Å². The van der Waals surface area contributed by atoms with Crippen LogP contribution in [0, 0.1) is 5.82 Å². The van der Waals surface area contributed by atoms with E-state index >= 15 is 0 Å². The minimum atomic E-state index is -0.305. The van der Waals surface area contributed by atoms with Crippen LogP contribution in [-0.2, 0) is 30.7 Å². The van der Waals surface area contributed by atoms with Crippen molar-refractivity contribution in [2.45, 2.75) is 51.2 Å². The van der Waals surface area contributed by atoms with Gasteiger partial charge in [0.2, 0.25) is 5.91 Å². The van der Waals surface area contributed by atoms with Crippen LogP contribution >= 0.6 is 0 Å². The lowest BCUT2D eigenvalue weighted by molar-refractivity contribution is -0.121. The van der Waals surface area contributed by atoms with Crippen LogP contribution in [0.5, 0.6) is 0 Å². The molecule has 1 atom stereocenters. The highest BCUT2D eigenvalue weighted by Crippen LogP contribution is 2.13. The molecule has 1 aliphatic heterocycles. The smallest absolute Gasteiger partial charge is 0.346 e. The number of pyridine rings is 1. The Labute approximate surface area is 173 Å². The van der Waals surface area contributed by atoms with E-state index in [1.807, 2.05) is 12.1 Å². The summed E-state index contributed by atoms with van der Waals surface area (Å²) in [6.45, 7) is 0.834. The number of carbonyl (C=O) groups excluding carboxylic acids is 1. The molecule has 156 valence electrons. The normalized spacial score (nSPS) is 16.0. The van der Waals surface area contributed by atoms with E-state index in [1.165, 1.54) is 16.8 Å². The van der Waals surface area contributed by atoms with Gasteiger partial charge in [0, 0.05) is 37.8 Å². The number of aromatic nitrogens is 4. The molecule has 1 aliphatic rings. The summed E-state index contributed by atoms with van der Waals surface area (Å²) in [6, 6.07) is 9.92. The number of carbonyl (C=O) groups is 1. The molecule has 0 saturated heterocycles. The van der Waals surface area contributed by atoms with Gasteiger partial charge in [-0.25, -0.2) is 13.9 Å². The van der Waals surface area contributed by atoms with Gasteiger partial charge in [0.25, 0.3) is 0 Å². The zero-order valence-electron chi connectivity index (χ0n) is 16.6. The number of hydrogen-bond acceptors (Lipinski definition) is 4. The van der Waals surface area contributed by atoms with Crippen molar-refractivity contribution in [3.05, 3.63) is 82.0 Å². The zero-order valence-corrected chi connectivity index (χ0v) is 16.6. The first-order chi connectivity index (χ1) is 14.6. The molecule has 1 amide bonds. The molecule has 2 aromatic heterocycles. The van der Waals surface area contributed by atoms with Crippen molar-refractivity contribution >= 4 is 5.91 Å². The molecular weight excluding hydrogens is 385 g/mol. The van der Waals surface area contributed by atoms with E-state index in [4.69, 9.17) is 0 Å². The third kappa shape index (κ3) is 4.82. The van der Waals surface area contributed by atoms with E-state index < -0.39 is 0 Å². The van der Waals surface area contributed by atoms with Crippen LogP contribution in [0.4, 0.5) is 4.39 Å². The van der Waals surface area contributed by atoms with Gasteiger partial charge in [0.05, 0.1) is 6.54 Å². The van der Waals surface area contributed by atoms with E-state index in [0.29, 0.717) is 38.8 Å². The SMILES string of the molecule is O=C(CCc1ccncc1)NC1CCc2nn(Cc3ccc(F)cc3)c(=O)n2CC1. The summed E-state index contributed by atoms with van der Waals surface area (Å²) in [7, 11) is 0. The van der Waals surface area contributed by atoms with Crippen LogP contribution in [0.15, 0.2) is 53.6 Å². The molecular formula is C22H24FN5O2. The molecule has 0 radical (unpaired) electrons. The van der Waals surface area contributed by atoms with Crippen molar-refractivity contribution in [2.24, 2.45) is 0 Å². The Bertz CT molecular complexity index is 1060. The van der Waals surface area contributed by atoms with Crippen molar-refractivity contribution in [1.29, 1.82) is 0 Å². The van der Waals surface area contributed by atoms with Gasteiger partial charge in [-0.3, -0.25) is 14.3 Å². The maximum absolute atomic E-state index is 13.1. The Morgan fingerprint density at radius 3 is 2.63 bits per heavy atom. The van der Waals surface area contributed by atoms with Gasteiger partial charge in [0.15, 0.2) is 0 Å². The number of hydrogen-bond donors (Lipinski definition) is 1. The molecule has 0 bridgehead atoms. The monoisotopic (exact) mass is 409 g/mol. The van der Waals surface area contributed by atoms with Crippen molar-refractivity contribution in [1.82, 2.24) is 24.6 Å². The summed E-state index contributed by atoms with van der Waals surface area (Å²) < 4.78 is 16.2. The Morgan fingerprint density at radius 2 is 1.87 bits per heavy atom. The van der Waals surface area contributed by atoms with Crippen LogP contribution in [-0.4, -0.2) is 31.3 Å². The number of nitrogens with one attached hydrogen (secondary N) is 1. The quantitative estimate of drug-likeness (QED) is 0.676. The number of rotatable bonds is 6. The van der Waals surface area contributed by atoms with Gasteiger partial charge in [-0.2, -0.15) is 5.10 Å². The Kier molecular flexibility index (Phi) is 6.02. The van der Waals surface area contributed by atoms with E-state index in [2.05, 4.69) is 15.4 Å². The number of nitrogens with zero attached hydrogens (tertiary/aromatic N) is 4. The fourth-order valence-electron chi connectivity index (χ4n) is 3.75. The average Bonchev–Trinajstić information content (AvgIpc) is 2.92. The molecule has 4 rings (SSSR count). The van der Waals surface area contributed by atoms with E-state index in [1.54, 1.807) is 29.1 Å². The molecule has 30 heavy (non-hydrogen) atoms. The first-order valence-corrected chi connectivity index (χ1v) is 10.2. The topological polar surface area (TPSA) is 81.8 Å². The number of halogens is 1.